The van der Waals surface area contributed by atoms with Gasteiger partial charge in [-0.15, -0.1) is 0 Å². The van der Waals surface area contributed by atoms with Crippen molar-refractivity contribution in [3.05, 3.63) is 12.2 Å². The highest BCUT2D eigenvalue weighted by molar-refractivity contribution is 7.87. The average molecular weight is 374 g/mol. The van der Waals surface area contributed by atoms with Gasteiger partial charge in [0.05, 0.1) is 12.0 Å². The number of rotatable bonds is 5. The van der Waals surface area contributed by atoms with Gasteiger partial charge in [-0.3, -0.25) is 4.18 Å². The zero-order valence-electron chi connectivity index (χ0n) is 13.4. The summed E-state index contributed by atoms with van der Waals surface area (Å²) in [5.74, 6) is -1.70. The third-order valence-corrected chi connectivity index (χ3v) is 7.81. The topological polar surface area (TPSA) is 136 Å². The van der Waals surface area contributed by atoms with Gasteiger partial charge in [-0.25, -0.2) is 9.59 Å². The van der Waals surface area contributed by atoms with Gasteiger partial charge in [-0.1, -0.05) is 6.58 Å². The number of aliphatic hydroxyl groups excluding tert-OH is 1. The van der Waals surface area contributed by atoms with Crippen LogP contribution in [0.2, 0.25) is 0 Å². The van der Waals surface area contributed by atoms with E-state index in [-0.39, 0.29) is 18.4 Å². The Hall–Kier alpha value is -1.49. The van der Waals surface area contributed by atoms with E-state index in [1.165, 1.54) is 6.92 Å². The van der Waals surface area contributed by atoms with Gasteiger partial charge in [0.1, 0.15) is 23.1 Å². The van der Waals surface area contributed by atoms with Crippen molar-refractivity contribution in [3.8, 4) is 0 Å². The third kappa shape index (κ3) is 1.80. The summed E-state index contributed by atoms with van der Waals surface area (Å²) in [4.78, 5) is 23.4. The summed E-state index contributed by atoms with van der Waals surface area (Å²) in [5.41, 5.74) is -3.27. The molecule has 4 rings (SSSR count). The van der Waals surface area contributed by atoms with Crippen LogP contribution in [0.4, 0.5) is 0 Å². The number of aliphatic hydroxyl groups is 2. The molecule has 25 heavy (non-hydrogen) atoms. The predicted molar refractivity (Wildman–Crippen MR) is 79.4 cm³/mol. The van der Waals surface area contributed by atoms with E-state index in [1.807, 2.05) is 0 Å². The maximum absolute atomic E-state index is 12.3. The molecule has 1 heterocycles. The number of hydrogen-bond acceptors (Lipinski definition) is 9. The summed E-state index contributed by atoms with van der Waals surface area (Å²) < 4.78 is 39.6. The molecule has 6 unspecified atom stereocenters. The fourth-order valence-electron chi connectivity index (χ4n) is 5.12. The first-order valence-electron chi connectivity index (χ1n) is 7.82. The molecule has 2 N–H and O–H groups in total. The number of esters is 2. The van der Waals surface area contributed by atoms with E-state index in [9.17, 15) is 28.2 Å². The Morgan fingerprint density at radius 2 is 2.04 bits per heavy atom. The number of fused-ring (bicyclic) bond motifs is 2. The van der Waals surface area contributed by atoms with E-state index >= 15 is 0 Å². The fraction of sp³-hybridized carbons (Fsp3) is 0.733. The first-order chi connectivity index (χ1) is 11.5. The van der Waals surface area contributed by atoms with Crippen molar-refractivity contribution in [3.63, 3.8) is 0 Å². The second-order valence-corrected chi connectivity index (χ2v) is 9.18. The molecule has 6 atom stereocenters. The lowest BCUT2D eigenvalue weighted by atomic mass is 9.80. The molecule has 0 aromatic heterocycles. The molecule has 3 aliphatic carbocycles. The van der Waals surface area contributed by atoms with Crippen molar-refractivity contribution in [2.75, 3.05) is 13.2 Å². The SMILES string of the molecule is C=C(C)C(=O)OCC(=O)OC1C2C34CC1(CO)CC3(O)C4OS2(=O)=O. The Morgan fingerprint density at radius 3 is 2.64 bits per heavy atom. The number of carbonyl (C=O) groups is 2. The molecule has 0 aromatic carbocycles. The summed E-state index contributed by atoms with van der Waals surface area (Å²) in [6, 6.07) is 0. The number of ether oxygens (including phenoxy) is 2. The fourth-order valence-corrected chi connectivity index (χ4v) is 7.41. The zero-order chi connectivity index (χ0) is 18.4. The maximum atomic E-state index is 12.3. The monoisotopic (exact) mass is 374 g/mol. The molecule has 2 bridgehead atoms. The molecule has 1 spiro atoms. The molecule has 0 aromatic rings. The first kappa shape index (κ1) is 17.0. The Labute approximate surface area is 143 Å². The lowest BCUT2D eigenvalue weighted by molar-refractivity contribution is -0.168. The highest BCUT2D eigenvalue weighted by Gasteiger charge is 2.98. The van der Waals surface area contributed by atoms with Crippen LogP contribution in [0.25, 0.3) is 0 Å². The Morgan fingerprint density at radius 1 is 1.36 bits per heavy atom. The maximum Gasteiger partial charge on any atom is 0.344 e. The van der Waals surface area contributed by atoms with Gasteiger partial charge >= 0.3 is 11.9 Å². The van der Waals surface area contributed by atoms with E-state index in [0.29, 0.717) is 0 Å². The van der Waals surface area contributed by atoms with Gasteiger partial charge in [0, 0.05) is 11.0 Å². The van der Waals surface area contributed by atoms with Crippen LogP contribution in [0.1, 0.15) is 19.8 Å². The van der Waals surface area contributed by atoms with Crippen LogP contribution in [-0.2, 0) is 33.4 Å². The van der Waals surface area contributed by atoms with Gasteiger partial charge in [0.2, 0.25) is 0 Å². The van der Waals surface area contributed by atoms with Crippen molar-refractivity contribution >= 4 is 22.1 Å². The van der Waals surface area contributed by atoms with Gasteiger partial charge in [-0.2, -0.15) is 8.42 Å². The van der Waals surface area contributed by atoms with Crippen molar-refractivity contribution in [2.45, 2.75) is 42.8 Å². The van der Waals surface area contributed by atoms with Crippen molar-refractivity contribution in [2.24, 2.45) is 10.8 Å². The van der Waals surface area contributed by atoms with Crippen LogP contribution in [-0.4, -0.2) is 66.8 Å². The smallest absolute Gasteiger partial charge is 0.344 e. The Balaban J connectivity index is 1.56. The van der Waals surface area contributed by atoms with Crippen LogP contribution < -0.4 is 0 Å². The quantitative estimate of drug-likeness (QED) is 0.339. The van der Waals surface area contributed by atoms with Crippen LogP contribution in [0.3, 0.4) is 0 Å². The molecule has 4 aliphatic rings. The van der Waals surface area contributed by atoms with Gasteiger partial charge in [-0.05, 0) is 19.8 Å². The van der Waals surface area contributed by atoms with E-state index < -0.39 is 69.2 Å². The second kappa shape index (κ2) is 4.61. The first-order valence-corrected chi connectivity index (χ1v) is 9.29. The molecule has 138 valence electrons. The molecule has 0 amide bonds. The van der Waals surface area contributed by atoms with Crippen LogP contribution >= 0.6 is 0 Å². The molecule has 4 fully saturated rings. The predicted octanol–water partition coefficient (Wildman–Crippen LogP) is -1.37. The molecule has 1 saturated heterocycles. The summed E-state index contributed by atoms with van der Waals surface area (Å²) in [7, 11) is -4.03. The summed E-state index contributed by atoms with van der Waals surface area (Å²) in [6.07, 6.45) is -1.71. The molecule has 3 saturated carbocycles. The van der Waals surface area contributed by atoms with Crippen LogP contribution in [0, 0.1) is 10.8 Å². The van der Waals surface area contributed by atoms with E-state index in [2.05, 4.69) is 6.58 Å². The van der Waals surface area contributed by atoms with E-state index in [4.69, 9.17) is 13.7 Å². The third-order valence-electron chi connectivity index (χ3n) is 6.06. The van der Waals surface area contributed by atoms with Crippen LogP contribution in [0.15, 0.2) is 12.2 Å². The molecular formula is C15H18O9S. The lowest BCUT2D eigenvalue weighted by Gasteiger charge is -2.38. The summed E-state index contributed by atoms with van der Waals surface area (Å²) in [5, 5.41) is 19.2. The minimum absolute atomic E-state index is 0.0939. The Bertz CT molecular complexity index is 804. The molecular weight excluding hydrogens is 356 g/mol. The molecule has 1 aliphatic heterocycles. The number of hydrogen-bond donors (Lipinski definition) is 2. The molecule has 0 radical (unpaired) electrons. The second-order valence-electron chi connectivity index (χ2n) is 7.50. The minimum atomic E-state index is -4.03. The number of carbonyl (C=O) groups excluding carboxylic acids is 2. The summed E-state index contributed by atoms with van der Waals surface area (Å²) >= 11 is 0. The minimum Gasteiger partial charge on any atom is -0.458 e. The summed E-state index contributed by atoms with van der Waals surface area (Å²) in [6.45, 7) is 3.67. The van der Waals surface area contributed by atoms with Gasteiger partial charge in [0.15, 0.2) is 6.61 Å². The molecule has 10 heteroatoms. The zero-order valence-corrected chi connectivity index (χ0v) is 14.2. The largest absolute Gasteiger partial charge is 0.458 e. The van der Waals surface area contributed by atoms with E-state index in [1.54, 1.807) is 0 Å². The standard InChI is InChI=1S/C15H18O9S/c1-7(2)11(18)22-3-8(17)23-9-10-14-4-13(9,6-16)5-15(14,19)12(14)24-25(10,20)21/h9-10,12,16,19H,1,3-6H2,2H3. The average Bonchev–Trinajstić information content (AvgIpc) is 2.85. The van der Waals surface area contributed by atoms with E-state index in [0.717, 1.165) is 0 Å². The van der Waals surface area contributed by atoms with Crippen molar-refractivity contribution in [1.29, 1.82) is 0 Å². The van der Waals surface area contributed by atoms with Crippen LogP contribution in [0.5, 0.6) is 0 Å². The van der Waals surface area contributed by atoms with Crippen molar-refractivity contribution < 1.29 is 41.9 Å². The highest BCUT2D eigenvalue weighted by Crippen LogP contribution is 2.84. The van der Waals surface area contributed by atoms with Crippen molar-refractivity contribution in [1.82, 2.24) is 0 Å². The lowest BCUT2D eigenvalue weighted by Crippen LogP contribution is -2.53. The Kier molecular flexibility index (Phi) is 3.13. The highest BCUT2D eigenvalue weighted by atomic mass is 32.2. The normalized spacial score (nSPS) is 47.2. The van der Waals surface area contributed by atoms with Gasteiger partial charge < -0.3 is 19.7 Å². The van der Waals surface area contributed by atoms with Gasteiger partial charge in [0.25, 0.3) is 10.1 Å². The molecule has 9 nitrogen and oxygen atoms in total.